The lowest BCUT2D eigenvalue weighted by atomic mass is 10.1. The maximum Gasteiger partial charge on any atom is 0.246 e. The molecule has 3 rings (SSSR count). The highest BCUT2D eigenvalue weighted by Crippen LogP contribution is 2.30. The Hall–Kier alpha value is -2.83. The predicted molar refractivity (Wildman–Crippen MR) is 86.5 cm³/mol. The summed E-state index contributed by atoms with van der Waals surface area (Å²) in [5.41, 5.74) is 4.54. The van der Waals surface area contributed by atoms with Crippen molar-refractivity contribution in [3.63, 3.8) is 0 Å². The van der Waals surface area contributed by atoms with Crippen molar-refractivity contribution in [2.24, 2.45) is 5.10 Å². The van der Waals surface area contributed by atoms with Crippen molar-refractivity contribution in [2.75, 3.05) is 25.7 Å². The van der Waals surface area contributed by atoms with E-state index in [4.69, 9.17) is 14.2 Å². The second kappa shape index (κ2) is 6.95. The Morgan fingerprint density at radius 1 is 1.22 bits per heavy atom. The van der Waals surface area contributed by atoms with Crippen molar-refractivity contribution in [3.05, 3.63) is 36.0 Å². The molecule has 0 fully saturated rings. The van der Waals surface area contributed by atoms with Gasteiger partial charge in [0.1, 0.15) is 0 Å². The van der Waals surface area contributed by atoms with E-state index in [1.165, 1.54) is 0 Å². The van der Waals surface area contributed by atoms with Crippen molar-refractivity contribution in [1.82, 2.24) is 9.97 Å². The number of methoxy groups -OCH3 is 1. The quantitative estimate of drug-likeness (QED) is 0.690. The molecule has 0 saturated heterocycles. The molecule has 0 unspecified atom stereocenters. The molecule has 1 aliphatic heterocycles. The van der Waals surface area contributed by atoms with Crippen LogP contribution >= 0.6 is 0 Å². The van der Waals surface area contributed by atoms with E-state index in [2.05, 4.69) is 20.5 Å². The van der Waals surface area contributed by atoms with Crippen LogP contribution in [0.4, 0.5) is 5.95 Å². The number of rotatable bonds is 4. The third kappa shape index (κ3) is 3.68. The van der Waals surface area contributed by atoms with E-state index in [9.17, 15) is 0 Å². The van der Waals surface area contributed by atoms with Crippen LogP contribution in [0.15, 0.2) is 35.6 Å². The van der Waals surface area contributed by atoms with Crippen LogP contribution in [-0.2, 0) is 0 Å². The first-order valence-corrected chi connectivity index (χ1v) is 7.33. The van der Waals surface area contributed by atoms with Crippen LogP contribution in [0, 0.1) is 0 Å². The van der Waals surface area contributed by atoms with E-state index < -0.39 is 0 Å². The van der Waals surface area contributed by atoms with Crippen molar-refractivity contribution in [1.29, 1.82) is 0 Å². The summed E-state index contributed by atoms with van der Waals surface area (Å²) in [4.78, 5) is 8.22. The van der Waals surface area contributed by atoms with E-state index in [1.54, 1.807) is 19.4 Å². The lowest BCUT2D eigenvalue weighted by Crippen LogP contribution is -2.03. The fraction of sp³-hybridized carbons (Fsp3) is 0.312. The summed E-state index contributed by atoms with van der Waals surface area (Å²) in [7, 11) is 1.55. The zero-order valence-corrected chi connectivity index (χ0v) is 13.1. The molecule has 2 aromatic rings. The molecule has 23 heavy (non-hydrogen) atoms. The van der Waals surface area contributed by atoms with Gasteiger partial charge < -0.3 is 14.2 Å². The monoisotopic (exact) mass is 314 g/mol. The van der Waals surface area contributed by atoms with Gasteiger partial charge in [-0.1, -0.05) is 0 Å². The van der Waals surface area contributed by atoms with E-state index in [0.717, 1.165) is 29.2 Å². The zero-order chi connectivity index (χ0) is 16.1. The number of aromatic nitrogens is 2. The Labute approximate surface area is 134 Å². The minimum Gasteiger partial charge on any atom is -0.490 e. The van der Waals surface area contributed by atoms with Crippen LogP contribution in [0.3, 0.4) is 0 Å². The number of hydrazone groups is 1. The summed E-state index contributed by atoms with van der Waals surface area (Å²) in [6.45, 7) is 3.23. The summed E-state index contributed by atoms with van der Waals surface area (Å²) in [6.07, 6.45) is 2.48. The lowest BCUT2D eigenvalue weighted by Gasteiger charge is -2.09. The SMILES string of the molecule is COc1ccnc(N/N=C(\C)c2ccc3c(c2)OCCCO3)n1. The fourth-order valence-electron chi connectivity index (χ4n) is 2.10. The topological polar surface area (TPSA) is 77.9 Å². The maximum atomic E-state index is 5.69. The molecule has 0 atom stereocenters. The Balaban J connectivity index is 1.76. The van der Waals surface area contributed by atoms with Crippen LogP contribution in [0.5, 0.6) is 17.4 Å². The molecule has 0 saturated carbocycles. The maximum absolute atomic E-state index is 5.69. The Morgan fingerprint density at radius 2 is 2.04 bits per heavy atom. The van der Waals surface area contributed by atoms with Gasteiger partial charge in [-0.3, -0.25) is 0 Å². The van der Waals surface area contributed by atoms with E-state index in [0.29, 0.717) is 25.0 Å². The molecule has 120 valence electrons. The Bertz CT molecular complexity index is 718. The van der Waals surface area contributed by atoms with Crippen LogP contribution in [-0.4, -0.2) is 36.0 Å². The Kier molecular flexibility index (Phi) is 4.56. The molecule has 0 spiro atoms. The molecule has 0 bridgehead atoms. The van der Waals surface area contributed by atoms with Crippen molar-refractivity contribution in [2.45, 2.75) is 13.3 Å². The van der Waals surface area contributed by atoms with Gasteiger partial charge in [-0.05, 0) is 25.1 Å². The third-order valence-corrected chi connectivity index (χ3v) is 3.33. The minimum absolute atomic E-state index is 0.373. The smallest absolute Gasteiger partial charge is 0.246 e. The largest absolute Gasteiger partial charge is 0.490 e. The highest BCUT2D eigenvalue weighted by atomic mass is 16.5. The zero-order valence-electron chi connectivity index (χ0n) is 13.1. The number of anilines is 1. The molecule has 7 heteroatoms. The van der Waals surface area contributed by atoms with Gasteiger partial charge in [0.15, 0.2) is 11.5 Å². The van der Waals surface area contributed by atoms with Gasteiger partial charge in [0.2, 0.25) is 11.8 Å². The predicted octanol–water partition coefficient (Wildman–Crippen LogP) is 2.48. The van der Waals surface area contributed by atoms with Crippen LogP contribution < -0.4 is 19.6 Å². The molecular weight excluding hydrogens is 296 g/mol. The molecule has 0 aliphatic carbocycles. The molecule has 1 aromatic heterocycles. The van der Waals surface area contributed by atoms with Gasteiger partial charge in [-0.15, -0.1) is 0 Å². The second-order valence-corrected chi connectivity index (χ2v) is 4.94. The van der Waals surface area contributed by atoms with Crippen LogP contribution in [0.1, 0.15) is 18.9 Å². The third-order valence-electron chi connectivity index (χ3n) is 3.33. The number of benzene rings is 1. The summed E-state index contributed by atoms with van der Waals surface area (Å²) in [5.74, 6) is 2.36. The molecule has 2 heterocycles. The van der Waals surface area contributed by atoms with Gasteiger partial charge in [-0.25, -0.2) is 10.4 Å². The summed E-state index contributed by atoms with van der Waals surface area (Å²) >= 11 is 0. The summed E-state index contributed by atoms with van der Waals surface area (Å²) < 4.78 is 16.4. The van der Waals surface area contributed by atoms with E-state index >= 15 is 0 Å². The minimum atomic E-state index is 0.373. The number of nitrogens with zero attached hydrogens (tertiary/aromatic N) is 3. The summed E-state index contributed by atoms with van der Waals surface area (Å²) in [5, 5.41) is 4.30. The molecule has 1 aliphatic rings. The van der Waals surface area contributed by atoms with Crippen molar-refractivity contribution in [3.8, 4) is 17.4 Å². The summed E-state index contributed by atoms with van der Waals surface area (Å²) in [6, 6.07) is 7.44. The van der Waals surface area contributed by atoms with Crippen molar-refractivity contribution >= 4 is 11.7 Å². The fourth-order valence-corrected chi connectivity index (χ4v) is 2.10. The number of ether oxygens (including phenoxy) is 3. The number of hydrogen-bond acceptors (Lipinski definition) is 7. The van der Waals surface area contributed by atoms with Crippen LogP contribution in [0.25, 0.3) is 0 Å². The molecule has 1 aromatic carbocycles. The normalized spacial score (nSPS) is 14.1. The van der Waals surface area contributed by atoms with Gasteiger partial charge in [-0.2, -0.15) is 10.1 Å². The lowest BCUT2D eigenvalue weighted by molar-refractivity contribution is 0.297. The van der Waals surface area contributed by atoms with Gasteiger partial charge in [0.25, 0.3) is 0 Å². The number of nitrogens with one attached hydrogen (secondary N) is 1. The molecule has 7 nitrogen and oxygen atoms in total. The molecule has 1 N–H and O–H groups in total. The van der Waals surface area contributed by atoms with Crippen LogP contribution in [0.2, 0.25) is 0 Å². The number of fused-ring (bicyclic) bond motifs is 1. The average molecular weight is 314 g/mol. The molecule has 0 radical (unpaired) electrons. The Morgan fingerprint density at radius 3 is 2.87 bits per heavy atom. The molecular formula is C16H18N4O3. The first-order valence-electron chi connectivity index (χ1n) is 7.33. The van der Waals surface area contributed by atoms with E-state index in [1.807, 2.05) is 25.1 Å². The highest BCUT2D eigenvalue weighted by Gasteiger charge is 2.11. The average Bonchev–Trinajstić information content (AvgIpc) is 2.84. The van der Waals surface area contributed by atoms with E-state index in [-0.39, 0.29) is 0 Å². The highest BCUT2D eigenvalue weighted by molar-refractivity contribution is 5.99. The van der Waals surface area contributed by atoms with Gasteiger partial charge >= 0.3 is 0 Å². The van der Waals surface area contributed by atoms with Crippen molar-refractivity contribution < 1.29 is 14.2 Å². The van der Waals surface area contributed by atoms with Gasteiger partial charge in [0.05, 0.1) is 26.0 Å². The first kappa shape index (κ1) is 15.1. The number of hydrogen-bond donors (Lipinski definition) is 1. The second-order valence-electron chi connectivity index (χ2n) is 4.94. The van der Waals surface area contributed by atoms with Gasteiger partial charge in [0, 0.05) is 24.2 Å². The first-order chi connectivity index (χ1) is 11.3. The molecule has 0 amide bonds. The standard InChI is InChI=1S/C16H18N4O3/c1-11(19-20-16-17-7-6-15(18-16)21-2)12-4-5-13-14(10-12)23-9-3-8-22-13/h4-7,10H,3,8-9H2,1-2H3,(H,17,18,20)/b19-11+.